The molecule has 27 heavy (non-hydrogen) atoms. The van der Waals surface area contributed by atoms with Gasteiger partial charge in [0.25, 0.3) is 0 Å². The molecule has 2 fully saturated rings. The van der Waals surface area contributed by atoms with Crippen LogP contribution >= 0.6 is 0 Å². The Morgan fingerprint density at radius 3 is 2.93 bits per heavy atom. The van der Waals surface area contributed by atoms with Crippen LogP contribution in [0.4, 0.5) is 0 Å². The van der Waals surface area contributed by atoms with Crippen molar-refractivity contribution in [3.63, 3.8) is 0 Å². The number of benzene rings is 1. The van der Waals surface area contributed by atoms with Crippen molar-refractivity contribution < 1.29 is 19.1 Å². The van der Waals surface area contributed by atoms with E-state index >= 15 is 0 Å². The summed E-state index contributed by atoms with van der Waals surface area (Å²) in [7, 11) is 0. The Bertz CT molecular complexity index is 815. The fourth-order valence-electron chi connectivity index (χ4n) is 6.94. The minimum absolute atomic E-state index is 0.141. The highest BCUT2D eigenvalue weighted by Crippen LogP contribution is 2.65. The molecule has 0 saturated heterocycles. The van der Waals surface area contributed by atoms with Gasteiger partial charge in [0.05, 0.1) is 6.61 Å². The zero-order valence-corrected chi connectivity index (χ0v) is 16.3. The van der Waals surface area contributed by atoms with Crippen molar-refractivity contribution in [3.05, 3.63) is 29.3 Å². The fraction of sp³-hybridized carbons (Fsp3) is 0.652. The van der Waals surface area contributed by atoms with E-state index in [9.17, 15) is 9.59 Å². The highest BCUT2D eigenvalue weighted by molar-refractivity contribution is 5.93. The summed E-state index contributed by atoms with van der Waals surface area (Å²) in [5.74, 6) is 2.05. The molecule has 4 nitrogen and oxygen atoms in total. The average Bonchev–Trinajstić information content (AvgIpc) is 2.86. The van der Waals surface area contributed by atoms with Gasteiger partial charge in [0, 0.05) is 18.8 Å². The number of esters is 1. The van der Waals surface area contributed by atoms with Crippen molar-refractivity contribution in [1.29, 1.82) is 0 Å². The Kier molecular flexibility index (Phi) is 3.73. The molecule has 0 radical (unpaired) electrons. The van der Waals surface area contributed by atoms with Gasteiger partial charge in [-0.25, -0.2) is 0 Å². The first kappa shape index (κ1) is 17.3. The molecule has 0 amide bonds. The van der Waals surface area contributed by atoms with Crippen molar-refractivity contribution >= 4 is 11.8 Å². The number of hydrogen-bond donors (Lipinski definition) is 0. The maximum absolute atomic E-state index is 13.4. The van der Waals surface area contributed by atoms with Gasteiger partial charge in [-0.3, -0.25) is 9.59 Å². The van der Waals surface area contributed by atoms with Gasteiger partial charge >= 0.3 is 5.97 Å². The van der Waals surface area contributed by atoms with E-state index in [4.69, 9.17) is 9.47 Å². The third-order valence-corrected chi connectivity index (χ3v) is 8.13. The van der Waals surface area contributed by atoms with Gasteiger partial charge in [-0.2, -0.15) is 0 Å². The molecule has 8 aliphatic rings. The summed E-state index contributed by atoms with van der Waals surface area (Å²) in [6.07, 6.45) is 6.02. The van der Waals surface area contributed by atoms with E-state index in [2.05, 4.69) is 25.1 Å². The van der Waals surface area contributed by atoms with Gasteiger partial charge in [0.15, 0.2) is 11.4 Å². The van der Waals surface area contributed by atoms with Crippen molar-refractivity contribution in [2.24, 2.45) is 17.3 Å². The zero-order valence-electron chi connectivity index (χ0n) is 16.3. The molecule has 144 valence electrons. The number of carbonyl (C=O) groups excluding carboxylic acids is 2. The van der Waals surface area contributed by atoms with E-state index in [1.165, 1.54) is 18.1 Å². The summed E-state index contributed by atoms with van der Waals surface area (Å²) in [5, 5.41) is 0. The molecular weight excluding hydrogens is 340 g/mol. The SMILES string of the molecule is CC(=O)O[C@]12CCCOc3ccc4c(c3)CC[C@H]3C4CC[C@@]1(C)[C@H]3CC2=O. The summed E-state index contributed by atoms with van der Waals surface area (Å²) in [6, 6.07) is 6.60. The van der Waals surface area contributed by atoms with E-state index < -0.39 is 5.60 Å². The number of aryl methyl sites for hydroxylation is 1. The van der Waals surface area contributed by atoms with Crippen LogP contribution in [0.25, 0.3) is 0 Å². The molecule has 5 heterocycles. The topological polar surface area (TPSA) is 52.6 Å². The molecule has 1 aromatic rings. The lowest BCUT2D eigenvalue weighted by Crippen LogP contribution is -2.55. The van der Waals surface area contributed by atoms with E-state index in [0.29, 0.717) is 43.6 Å². The highest BCUT2D eigenvalue weighted by Gasteiger charge is 2.68. The van der Waals surface area contributed by atoms with Crippen LogP contribution in [0.15, 0.2) is 18.2 Å². The molecule has 4 heteroatoms. The molecular formula is C23H28O4. The molecule has 0 aromatic heterocycles. The average molecular weight is 368 g/mol. The van der Waals surface area contributed by atoms with E-state index in [1.54, 1.807) is 0 Å². The van der Waals surface area contributed by atoms with Crippen LogP contribution < -0.4 is 4.74 Å². The van der Waals surface area contributed by atoms with Crippen LogP contribution in [0.5, 0.6) is 5.75 Å². The number of fused-ring (bicyclic) bond motifs is 1. The first-order chi connectivity index (χ1) is 12.9. The number of carbonyl (C=O) groups is 2. The van der Waals surface area contributed by atoms with Crippen LogP contribution in [0, 0.1) is 17.3 Å². The first-order valence-corrected chi connectivity index (χ1v) is 10.4. The number of ketones is 1. The smallest absolute Gasteiger partial charge is 0.303 e. The summed E-state index contributed by atoms with van der Waals surface area (Å²) >= 11 is 0. The lowest BCUT2D eigenvalue weighted by Gasteiger charge is -2.53. The Balaban J connectivity index is 1.65. The molecule has 1 unspecified atom stereocenters. The predicted octanol–water partition coefficient (Wildman–Crippen LogP) is 4.20. The second-order valence-electron chi connectivity index (χ2n) is 9.23. The summed E-state index contributed by atoms with van der Waals surface area (Å²) in [4.78, 5) is 25.4. The van der Waals surface area contributed by atoms with E-state index in [-0.39, 0.29) is 17.2 Å². The van der Waals surface area contributed by atoms with E-state index in [1.807, 2.05) is 0 Å². The molecule has 2 saturated carbocycles. The molecule has 1 aromatic carbocycles. The number of rotatable bonds is 1. The second-order valence-corrected chi connectivity index (χ2v) is 9.23. The van der Waals surface area contributed by atoms with E-state index in [0.717, 1.165) is 31.4 Å². The molecule has 9 rings (SSSR count). The Morgan fingerprint density at radius 2 is 2.11 bits per heavy atom. The first-order valence-electron chi connectivity index (χ1n) is 10.4. The normalized spacial score (nSPS) is 39.5. The Hall–Kier alpha value is -1.84. The molecule has 0 N–H and O–H groups in total. The fourth-order valence-corrected chi connectivity index (χ4v) is 6.94. The summed E-state index contributed by atoms with van der Waals surface area (Å²) in [6.45, 7) is 4.21. The summed E-state index contributed by atoms with van der Waals surface area (Å²) < 4.78 is 11.9. The predicted molar refractivity (Wildman–Crippen MR) is 101 cm³/mol. The van der Waals surface area contributed by atoms with Gasteiger partial charge in [-0.05, 0) is 79.5 Å². The van der Waals surface area contributed by atoms with Crippen LogP contribution in [0.3, 0.4) is 0 Å². The molecule has 0 spiro atoms. The zero-order chi connectivity index (χ0) is 18.8. The minimum atomic E-state index is -0.971. The van der Waals surface area contributed by atoms with Crippen molar-refractivity contribution in [2.45, 2.75) is 70.3 Å². The molecule has 5 aliphatic heterocycles. The van der Waals surface area contributed by atoms with Gasteiger partial charge in [0.2, 0.25) is 0 Å². The number of hydrogen-bond acceptors (Lipinski definition) is 4. The number of Topliss-reactive ketones (excluding diaryl/α,β-unsaturated/α-hetero) is 1. The standard InChI is InChI=1S/C23H28O4/c1-14(24)27-23-9-3-11-26-16-5-7-17-15(12-16)4-6-19-18(17)8-10-22(23,2)20(19)13-21(23)25/h5,7,12,18-20H,3-4,6,8-11,13H2,1-2H3/t18?,19-,20-,22-,23-/m0/s1. The molecule has 5 atom stereocenters. The molecule has 3 aliphatic carbocycles. The van der Waals surface area contributed by atoms with Gasteiger partial charge in [-0.15, -0.1) is 0 Å². The van der Waals surface area contributed by atoms with Crippen molar-refractivity contribution in [1.82, 2.24) is 0 Å². The lowest BCUT2D eigenvalue weighted by molar-refractivity contribution is -0.183. The largest absolute Gasteiger partial charge is 0.494 e. The van der Waals surface area contributed by atoms with Crippen LogP contribution in [0.1, 0.15) is 69.4 Å². The van der Waals surface area contributed by atoms with Crippen LogP contribution in [-0.4, -0.2) is 24.0 Å². The summed E-state index contributed by atoms with van der Waals surface area (Å²) in [5.41, 5.74) is 1.65. The quantitative estimate of drug-likeness (QED) is 0.697. The Morgan fingerprint density at radius 1 is 1.26 bits per heavy atom. The maximum Gasteiger partial charge on any atom is 0.303 e. The lowest BCUT2D eigenvalue weighted by atomic mass is 9.53. The second kappa shape index (κ2) is 5.83. The maximum atomic E-state index is 13.4. The van der Waals surface area contributed by atoms with Gasteiger partial charge < -0.3 is 9.47 Å². The monoisotopic (exact) mass is 368 g/mol. The van der Waals surface area contributed by atoms with Crippen molar-refractivity contribution in [3.8, 4) is 5.75 Å². The van der Waals surface area contributed by atoms with Crippen molar-refractivity contribution in [2.75, 3.05) is 6.61 Å². The number of ether oxygens (including phenoxy) is 2. The molecule has 8 bridgehead atoms. The van der Waals surface area contributed by atoms with Crippen LogP contribution in [0.2, 0.25) is 0 Å². The van der Waals surface area contributed by atoms with Gasteiger partial charge in [0.1, 0.15) is 5.75 Å². The van der Waals surface area contributed by atoms with Crippen LogP contribution in [-0.2, 0) is 20.7 Å². The third kappa shape index (κ3) is 2.28. The minimum Gasteiger partial charge on any atom is -0.494 e. The van der Waals surface area contributed by atoms with Gasteiger partial charge in [-0.1, -0.05) is 13.0 Å². The Labute approximate surface area is 160 Å². The third-order valence-electron chi connectivity index (χ3n) is 8.13. The highest BCUT2D eigenvalue weighted by atomic mass is 16.6.